The zero-order valence-electron chi connectivity index (χ0n) is 13.8. The Labute approximate surface area is 150 Å². The second-order valence-corrected chi connectivity index (χ2v) is 8.37. The molecule has 0 saturated carbocycles. The smallest absolute Gasteiger partial charge is 0.276 e. The first kappa shape index (κ1) is 17.8. The van der Waals surface area contributed by atoms with Crippen LogP contribution < -0.4 is 0 Å². The molecule has 8 nitrogen and oxygen atoms in total. The molecule has 1 aromatic carbocycles. The monoisotopic (exact) mass is 383 g/mol. The molecular weight excluding hydrogens is 366 g/mol. The standard InChI is InChI=1S/C15H18ClN5O3S/c1-10-9-21(25(23,24)13-5-3-12(16)4-6-13)11(2)8-20(10)15(22)14-7-17-19-18-14/h3-7,10-11H,8-9H2,1-2H3,(H,17,18,19)/t10-,11+/m0/s1. The number of nitrogens with one attached hydrogen (secondary N) is 1. The summed E-state index contributed by atoms with van der Waals surface area (Å²) in [6.45, 7) is 4.08. The van der Waals surface area contributed by atoms with E-state index in [0.717, 1.165) is 0 Å². The maximum Gasteiger partial charge on any atom is 0.276 e. The second kappa shape index (κ2) is 6.74. The minimum Gasteiger partial charge on any atom is -0.332 e. The summed E-state index contributed by atoms with van der Waals surface area (Å²) < 4.78 is 27.2. The fraction of sp³-hybridized carbons (Fsp3) is 0.400. The Kier molecular flexibility index (Phi) is 4.81. The lowest BCUT2D eigenvalue weighted by atomic mass is 10.1. The van der Waals surface area contributed by atoms with E-state index in [1.165, 1.54) is 22.6 Å². The molecule has 2 heterocycles. The number of hydrogen-bond acceptors (Lipinski definition) is 5. The van der Waals surface area contributed by atoms with E-state index in [0.29, 0.717) is 5.02 Å². The van der Waals surface area contributed by atoms with Gasteiger partial charge in [0, 0.05) is 30.2 Å². The Morgan fingerprint density at radius 1 is 1.20 bits per heavy atom. The molecule has 0 aliphatic carbocycles. The molecule has 3 rings (SSSR count). The largest absolute Gasteiger partial charge is 0.332 e. The lowest BCUT2D eigenvalue weighted by Gasteiger charge is -2.42. The number of hydrogen-bond donors (Lipinski definition) is 1. The van der Waals surface area contributed by atoms with E-state index in [1.54, 1.807) is 24.0 Å². The van der Waals surface area contributed by atoms with Crippen molar-refractivity contribution in [2.45, 2.75) is 30.8 Å². The van der Waals surface area contributed by atoms with Crippen LogP contribution in [0.25, 0.3) is 0 Å². The Bertz CT molecular complexity index is 854. The number of sulfonamides is 1. The fourth-order valence-corrected chi connectivity index (χ4v) is 4.74. The number of carbonyl (C=O) groups excluding carboxylic acids is 1. The van der Waals surface area contributed by atoms with Gasteiger partial charge < -0.3 is 4.90 Å². The highest BCUT2D eigenvalue weighted by atomic mass is 35.5. The summed E-state index contributed by atoms with van der Waals surface area (Å²) in [7, 11) is -3.66. The number of nitrogens with zero attached hydrogens (tertiary/aromatic N) is 4. The van der Waals surface area contributed by atoms with Gasteiger partial charge >= 0.3 is 0 Å². The van der Waals surface area contributed by atoms with Gasteiger partial charge in [-0.25, -0.2) is 8.42 Å². The van der Waals surface area contributed by atoms with E-state index in [2.05, 4.69) is 15.4 Å². The Balaban J connectivity index is 1.82. The minimum atomic E-state index is -3.66. The van der Waals surface area contributed by atoms with Crippen LogP contribution >= 0.6 is 11.6 Å². The summed E-state index contributed by atoms with van der Waals surface area (Å²) in [6, 6.07) is 5.42. The lowest BCUT2D eigenvalue weighted by Crippen LogP contribution is -2.59. The van der Waals surface area contributed by atoms with Crippen molar-refractivity contribution >= 4 is 27.5 Å². The number of aromatic nitrogens is 3. The van der Waals surface area contributed by atoms with Gasteiger partial charge in [0.25, 0.3) is 5.91 Å². The van der Waals surface area contributed by atoms with Crippen LogP contribution in [0.1, 0.15) is 24.3 Å². The molecule has 1 fully saturated rings. The van der Waals surface area contributed by atoms with Crippen molar-refractivity contribution in [1.29, 1.82) is 0 Å². The van der Waals surface area contributed by atoms with E-state index in [1.807, 2.05) is 6.92 Å². The Morgan fingerprint density at radius 3 is 2.48 bits per heavy atom. The predicted octanol–water partition coefficient (Wildman–Crippen LogP) is 1.38. The molecule has 2 aromatic rings. The molecule has 25 heavy (non-hydrogen) atoms. The van der Waals surface area contributed by atoms with E-state index in [9.17, 15) is 13.2 Å². The summed E-state index contributed by atoms with van der Waals surface area (Å²) in [5.74, 6) is -0.267. The summed E-state index contributed by atoms with van der Waals surface area (Å²) in [5.41, 5.74) is 0.216. The molecule has 1 aliphatic heterocycles. The maximum absolute atomic E-state index is 12.9. The number of aromatic amines is 1. The van der Waals surface area contributed by atoms with Crippen LogP contribution in [0.3, 0.4) is 0 Å². The maximum atomic E-state index is 12.9. The molecule has 1 saturated heterocycles. The summed E-state index contributed by atoms with van der Waals surface area (Å²) in [5, 5.41) is 10.3. The van der Waals surface area contributed by atoms with E-state index in [-0.39, 0.29) is 41.7 Å². The van der Waals surface area contributed by atoms with E-state index < -0.39 is 10.0 Å². The highest BCUT2D eigenvalue weighted by Gasteiger charge is 2.39. The van der Waals surface area contributed by atoms with Crippen molar-refractivity contribution in [2.75, 3.05) is 13.1 Å². The first-order valence-electron chi connectivity index (χ1n) is 7.75. The third-order valence-electron chi connectivity index (χ3n) is 4.24. The van der Waals surface area contributed by atoms with Gasteiger partial charge in [-0.1, -0.05) is 11.6 Å². The predicted molar refractivity (Wildman–Crippen MR) is 91.7 cm³/mol. The average molecular weight is 384 g/mol. The van der Waals surface area contributed by atoms with Crippen LogP contribution in [0.4, 0.5) is 0 Å². The average Bonchev–Trinajstić information content (AvgIpc) is 3.11. The van der Waals surface area contributed by atoms with Gasteiger partial charge in [0.2, 0.25) is 10.0 Å². The molecule has 1 aromatic heterocycles. The van der Waals surface area contributed by atoms with Crippen LogP contribution in [-0.4, -0.2) is 64.1 Å². The zero-order chi connectivity index (χ0) is 18.2. The Hall–Kier alpha value is -1.97. The van der Waals surface area contributed by atoms with Gasteiger partial charge in [-0.05, 0) is 38.1 Å². The molecule has 0 radical (unpaired) electrons. The number of halogens is 1. The molecule has 2 atom stereocenters. The fourth-order valence-electron chi connectivity index (χ4n) is 2.91. The van der Waals surface area contributed by atoms with Crippen LogP contribution in [-0.2, 0) is 10.0 Å². The molecule has 1 amide bonds. The summed E-state index contributed by atoms with van der Waals surface area (Å²) >= 11 is 5.84. The Morgan fingerprint density at radius 2 is 1.88 bits per heavy atom. The van der Waals surface area contributed by atoms with Crippen molar-refractivity contribution < 1.29 is 13.2 Å². The van der Waals surface area contributed by atoms with Crippen molar-refractivity contribution in [3.8, 4) is 0 Å². The van der Waals surface area contributed by atoms with Crippen LogP contribution in [0.2, 0.25) is 5.02 Å². The minimum absolute atomic E-state index is 0.187. The summed E-state index contributed by atoms with van der Waals surface area (Å²) in [6.07, 6.45) is 1.36. The number of piperazine rings is 1. The van der Waals surface area contributed by atoms with Crippen molar-refractivity contribution in [3.05, 3.63) is 41.2 Å². The van der Waals surface area contributed by atoms with Gasteiger partial charge in [-0.3, -0.25) is 4.79 Å². The SMILES string of the molecule is C[C@@H]1CN(C(=O)c2cn[nH]n2)[C@@H](C)CN1S(=O)(=O)c1ccc(Cl)cc1. The molecule has 0 bridgehead atoms. The van der Waals surface area contributed by atoms with E-state index >= 15 is 0 Å². The van der Waals surface area contributed by atoms with Gasteiger partial charge in [0.05, 0.1) is 11.1 Å². The molecule has 134 valence electrons. The quantitative estimate of drug-likeness (QED) is 0.863. The highest BCUT2D eigenvalue weighted by molar-refractivity contribution is 7.89. The first-order chi connectivity index (χ1) is 11.8. The molecule has 0 unspecified atom stereocenters. The number of carbonyl (C=O) groups is 1. The molecule has 10 heteroatoms. The first-order valence-corrected chi connectivity index (χ1v) is 9.56. The number of rotatable bonds is 3. The van der Waals surface area contributed by atoms with Crippen molar-refractivity contribution in [1.82, 2.24) is 24.6 Å². The van der Waals surface area contributed by atoms with Crippen LogP contribution in [0.15, 0.2) is 35.4 Å². The topological polar surface area (TPSA) is 99.3 Å². The summed E-state index contributed by atoms with van der Waals surface area (Å²) in [4.78, 5) is 14.3. The van der Waals surface area contributed by atoms with Crippen LogP contribution in [0.5, 0.6) is 0 Å². The molecule has 1 N–H and O–H groups in total. The molecule has 1 aliphatic rings. The third kappa shape index (κ3) is 3.39. The van der Waals surface area contributed by atoms with Crippen molar-refractivity contribution in [3.63, 3.8) is 0 Å². The van der Waals surface area contributed by atoms with Gasteiger partial charge in [0.1, 0.15) is 0 Å². The third-order valence-corrected chi connectivity index (χ3v) is 6.49. The second-order valence-electron chi connectivity index (χ2n) is 6.04. The van der Waals surface area contributed by atoms with E-state index in [4.69, 9.17) is 11.6 Å². The van der Waals surface area contributed by atoms with Gasteiger partial charge in [0.15, 0.2) is 5.69 Å². The molecule has 0 spiro atoms. The normalized spacial score (nSPS) is 22.1. The van der Waals surface area contributed by atoms with Crippen molar-refractivity contribution in [2.24, 2.45) is 0 Å². The lowest BCUT2D eigenvalue weighted by molar-refractivity contribution is 0.0501. The number of amides is 1. The highest BCUT2D eigenvalue weighted by Crippen LogP contribution is 2.25. The molecular formula is C15H18ClN5O3S. The van der Waals surface area contributed by atoms with Crippen LogP contribution in [0, 0.1) is 0 Å². The van der Waals surface area contributed by atoms with Gasteiger partial charge in [-0.2, -0.15) is 19.7 Å². The number of H-pyrrole nitrogens is 1. The number of benzene rings is 1. The van der Waals surface area contributed by atoms with Gasteiger partial charge in [-0.15, -0.1) is 0 Å². The zero-order valence-corrected chi connectivity index (χ0v) is 15.3.